The normalized spacial score (nSPS) is 38.7. The molecule has 11 heavy (non-hydrogen) atoms. The molecule has 0 amide bonds. The first kappa shape index (κ1) is 9.38. The fourth-order valence-electron chi connectivity index (χ4n) is 1.91. The molecule has 1 aliphatic rings. The third kappa shape index (κ3) is 1.90. The molecule has 3 unspecified atom stereocenters. The van der Waals surface area contributed by atoms with E-state index in [1.54, 1.807) is 0 Å². The Balaban J connectivity index is 2.35. The predicted octanol–water partition coefficient (Wildman–Crippen LogP) is 3.69. The maximum Gasteiger partial charge on any atom is 0.0282 e. The Hall–Kier alpha value is 0.290. The second-order valence-electron chi connectivity index (χ2n) is 4.32. The van der Waals surface area contributed by atoms with E-state index in [1.807, 2.05) is 0 Å². The van der Waals surface area contributed by atoms with Crippen LogP contribution in [0.3, 0.4) is 0 Å². The van der Waals surface area contributed by atoms with Gasteiger partial charge in [0.05, 0.1) is 0 Å². The highest BCUT2D eigenvalue weighted by Crippen LogP contribution is 2.57. The fourth-order valence-corrected chi connectivity index (χ4v) is 2.40. The van der Waals surface area contributed by atoms with Gasteiger partial charge in [-0.2, -0.15) is 0 Å². The number of hydrogen-bond acceptors (Lipinski definition) is 0. The number of rotatable bonds is 4. The third-order valence-corrected chi connectivity index (χ3v) is 3.85. The van der Waals surface area contributed by atoms with Crippen molar-refractivity contribution in [3.8, 4) is 0 Å². The summed E-state index contributed by atoms with van der Waals surface area (Å²) in [7, 11) is 0. The summed E-state index contributed by atoms with van der Waals surface area (Å²) in [6, 6.07) is 0. The van der Waals surface area contributed by atoms with Crippen molar-refractivity contribution in [1.29, 1.82) is 0 Å². The van der Waals surface area contributed by atoms with Crippen molar-refractivity contribution < 1.29 is 0 Å². The highest BCUT2D eigenvalue weighted by molar-refractivity contribution is 6.18. The molecule has 0 saturated heterocycles. The van der Waals surface area contributed by atoms with Crippen LogP contribution in [0, 0.1) is 17.3 Å². The average molecular weight is 175 g/mol. The summed E-state index contributed by atoms with van der Waals surface area (Å²) < 4.78 is 0. The quantitative estimate of drug-likeness (QED) is 0.571. The molecule has 3 atom stereocenters. The average Bonchev–Trinajstić information content (AvgIpc) is 2.62. The molecule has 1 rings (SSSR count). The van der Waals surface area contributed by atoms with Crippen LogP contribution in [0.2, 0.25) is 0 Å². The van der Waals surface area contributed by atoms with Gasteiger partial charge in [0.25, 0.3) is 0 Å². The lowest BCUT2D eigenvalue weighted by Crippen LogP contribution is -2.10. The van der Waals surface area contributed by atoms with Crippen LogP contribution < -0.4 is 0 Å². The molecule has 0 aliphatic heterocycles. The molecule has 0 aromatic rings. The molecule has 0 nitrogen and oxygen atoms in total. The zero-order valence-corrected chi connectivity index (χ0v) is 8.62. The fraction of sp³-hybridized carbons (Fsp3) is 1.00. The minimum atomic E-state index is 0.539. The van der Waals surface area contributed by atoms with Gasteiger partial charge in [0.15, 0.2) is 0 Å². The Morgan fingerprint density at radius 3 is 2.45 bits per heavy atom. The van der Waals surface area contributed by atoms with Crippen LogP contribution >= 0.6 is 11.6 Å². The molecule has 1 aliphatic carbocycles. The Morgan fingerprint density at radius 1 is 1.64 bits per heavy atom. The van der Waals surface area contributed by atoms with Gasteiger partial charge in [-0.25, -0.2) is 0 Å². The molecule has 0 heterocycles. The lowest BCUT2D eigenvalue weighted by atomic mass is 9.91. The van der Waals surface area contributed by atoms with Gasteiger partial charge in [-0.1, -0.05) is 27.2 Å². The van der Waals surface area contributed by atoms with Gasteiger partial charge in [0, 0.05) is 5.88 Å². The molecule has 0 radical (unpaired) electrons. The first-order valence-electron chi connectivity index (χ1n) is 4.70. The standard InChI is InChI=1S/C10H19Cl/c1-4-8(2)5-10(7-11)6-9(10)3/h8-9H,4-7H2,1-3H3. The Bertz CT molecular complexity index is 129. The van der Waals surface area contributed by atoms with Crippen molar-refractivity contribution in [3.63, 3.8) is 0 Å². The lowest BCUT2D eigenvalue weighted by molar-refractivity contribution is 0.372. The van der Waals surface area contributed by atoms with Crippen LogP contribution in [-0.4, -0.2) is 5.88 Å². The van der Waals surface area contributed by atoms with Crippen LogP contribution in [0.1, 0.15) is 40.0 Å². The first-order chi connectivity index (χ1) is 5.14. The maximum absolute atomic E-state index is 5.95. The molecular formula is C10H19Cl. The van der Waals surface area contributed by atoms with E-state index in [0.717, 1.165) is 17.7 Å². The van der Waals surface area contributed by atoms with E-state index in [0.29, 0.717) is 5.41 Å². The van der Waals surface area contributed by atoms with Crippen LogP contribution in [0.15, 0.2) is 0 Å². The van der Waals surface area contributed by atoms with Crippen molar-refractivity contribution in [2.45, 2.75) is 40.0 Å². The predicted molar refractivity (Wildman–Crippen MR) is 51.0 cm³/mol. The largest absolute Gasteiger partial charge is 0.126 e. The zero-order chi connectivity index (χ0) is 8.48. The summed E-state index contributed by atoms with van der Waals surface area (Å²) in [4.78, 5) is 0. The van der Waals surface area contributed by atoms with Gasteiger partial charge in [-0.05, 0) is 30.1 Å². The van der Waals surface area contributed by atoms with Gasteiger partial charge < -0.3 is 0 Å². The van der Waals surface area contributed by atoms with E-state index in [-0.39, 0.29) is 0 Å². The SMILES string of the molecule is CCC(C)CC1(CCl)CC1C. The van der Waals surface area contributed by atoms with Crippen molar-refractivity contribution in [3.05, 3.63) is 0 Å². The second-order valence-corrected chi connectivity index (χ2v) is 4.59. The molecule has 66 valence electrons. The molecular weight excluding hydrogens is 156 g/mol. The lowest BCUT2D eigenvalue weighted by Gasteiger charge is -2.17. The highest BCUT2D eigenvalue weighted by atomic mass is 35.5. The number of alkyl halides is 1. The Kier molecular flexibility index (Phi) is 2.85. The molecule has 1 heteroatoms. The molecule has 0 aromatic heterocycles. The van der Waals surface area contributed by atoms with Crippen LogP contribution in [0.4, 0.5) is 0 Å². The maximum atomic E-state index is 5.95. The third-order valence-electron chi connectivity index (χ3n) is 3.32. The smallest absolute Gasteiger partial charge is 0.0282 e. The molecule has 0 aromatic carbocycles. The van der Waals surface area contributed by atoms with Crippen LogP contribution in [0.25, 0.3) is 0 Å². The van der Waals surface area contributed by atoms with Crippen LogP contribution in [-0.2, 0) is 0 Å². The van der Waals surface area contributed by atoms with Crippen molar-refractivity contribution in [2.75, 3.05) is 5.88 Å². The van der Waals surface area contributed by atoms with E-state index in [2.05, 4.69) is 20.8 Å². The first-order valence-corrected chi connectivity index (χ1v) is 5.24. The van der Waals surface area contributed by atoms with Crippen molar-refractivity contribution in [1.82, 2.24) is 0 Å². The van der Waals surface area contributed by atoms with E-state index in [4.69, 9.17) is 11.6 Å². The Labute approximate surface area is 75.3 Å². The van der Waals surface area contributed by atoms with Gasteiger partial charge >= 0.3 is 0 Å². The summed E-state index contributed by atoms with van der Waals surface area (Å²) in [5.74, 6) is 2.62. The Morgan fingerprint density at radius 2 is 2.18 bits per heavy atom. The van der Waals surface area contributed by atoms with E-state index in [9.17, 15) is 0 Å². The summed E-state index contributed by atoms with van der Waals surface area (Å²) in [6.07, 6.45) is 4.00. The topological polar surface area (TPSA) is 0 Å². The van der Waals surface area contributed by atoms with Gasteiger partial charge in [0.2, 0.25) is 0 Å². The monoisotopic (exact) mass is 174 g/mol. The minimum Gasteiger partial charge on any atom is -0.126 e. The molecule has 0 N–H and O–H groups in total. The van der Waals surface area contributed by atoms with E-state index in [1.165, 1.54) is 19.3 Å². The molecule has 1 saturated carbocycles. The summed E-state index contributed by atoms with van der Waals surface area (Å²) >= 11 is 5.95. The summed E-state index contributed by atoms with van der Waals surface area (Å²) in [5.41, 5.74) is 0.539. The second kappa shape index (κ2) is 3.35. The number of hydrogen-bond donors (Lipinski definition) is 0. The van der Waals surface area contributed by atoms with E-state index < -0.39 is 0 Å². The van der Waals surface area contributed by atoms with Gasteiger partial charge in [0.1, 0.15) is 0 Å². The van der Waals surface area contributed by atoms with E-state index >= 15 is 0 Å². The summed E-state index contributed by atoms with van der Waals surface area (Å²) in [6.45, 7) is 6.92. The van der Waals surface area contributed by atoms with Gasteiger partial charge in [-0.15, -0.1) is 11.6 Å². The molecule has 0 spiro atoms. The zero-order valence-electron chi connectivity index (χ0n) is 7.86. The van der Waals surface area contributed by atoms with Crippen molar-refractivity contribution in [2.24, 2.45) is 17.3 Å². The molecule has 0 bridgehead atoms. The van der Waals surface area contributed by atoms with Crippen molar-refractivity contribution >= 4 is 11.6 Å². The van der Waals surface area contributed by atoms with Gasteiger partial charge in [-0.3, -0.25) is 0 Å². The number of halogens is 1. The highest BCUT2D eigenvalue weighted by Gasteiger charge is 2.50. The molecule has 1 fully saturated rings. The minimum absolute atomic E-state index is 0.539. The van der Waals surface area contributed by atoms with Crippen LogP contribution in [0.5, 0.6) is 0 Å². The summed E-state index contributed by atoms with van der Waals surface area (Å²) in [5, 5.41) is 0.